The van der Waals surface area contributed by atoms with Crippen LogP contribution in [0.2, 0.25) is 0 Å². The number of unbranched alkanes of at least 4 members (excludes halogenated alkanes) is 4. The van der Waals surface area contributed by atoms with Gasteiger partial charge in [-0.1, -0.05) is 103 Å². The molecule has 1 saturated carbocycles. The number of aryl methyl sites for hydroxylation is 3. The molecule has 0 aliphatic heterocycles. The van der Waals surface area contributed by atoms with Crippen LogP contribution in [0.15, 0.2) is 49.0 Å². The predicted octanol–water partition coefficient (Wildman–Crippen LogP) is 12.2. The maximum Gasteiger partial charge on any atom is 0.131 e. The van der Waals surface area contributed by atoms with Crippen molar-refractivity contribution in [1.82, 2.24) is 0 Å². The molecule has 0 aromatic heterocycles. The summed E-state index contributed by atoms with van der Waals surface area (Å²) >= 11 is 0. The van der Waals surface area contributed by atoms with Crippen LogP contribution in [0.5, 0.6) is 23.0 Å². The standard InChI is InChI=1S/C44H62O4/c1-9-11-13-15-33-25-39(45)43(37-23-31(7)17-19-35(37)29(3)4)41(27-33)47-21-22-48-42-28-34(16-14-12-10-2)26-40(46)44(42)38-24-32(8)18-20-36(38)30(5)6/h17,19,23,25-28,30,32,36,38,45-46H,3,9-16,18,20-22,24H2,1-2,4-8H3/t32-,36-,38+/m0/s1. The second-order valence-electron chi connectivity index (χ2n) is 14.9. The normalized spacial score (nSPS) is 17.9. The average Bonchev–Trinajstić information content (AvgIpc) is 3.02. The van der Waals surface area contributed by atoms with Gasteiger partial charge >= 0.3 is 0 Å². The van der Waals surface area contributed by atoms with Crippen LogP contribution in [0.25, 0.3) is 16.7 Å². The van der Waals surface area contributed by atoms with E-state index in [1.807, 2.05) is 19.1 Å². The lowest BCUT2D eigenvalue weighted by atomic mass is 9.67. The molecule has 262 valence electrons. The van der Waals surface area contributed by atoms with E-state index in [-0.39, 0.29) is 11.7 Å². The molecule has 0 heterocycles. The predicted molar refractivity (Wildman–Crippen MR) is 203 cm³/mol. The van der Waals surface area contributed by atoms with Gasteiger partial charge in [0.2, 0.25) is 0 Å². The minimum Gasteiger partial charge on any atom is -0.508 e. The first-order valence-corrected chi connectivity index (χ1v) is 18.8. The Bertz CT molecular complexity index is 1500. The maximum absolute atomic E-state index is 11.6. The van der Waals surface area contributed by atoms with Crippen molar-refractivity contribution in [3.63, 3.8) is 0 Å². The Hall–Kier alpha value is -3.40. The van der Waals surface area contributed by atoms with E-state index in [1.165, 1.54) is 19.3 Å². The van der Waals surface area contributed by atoms with Crippen molar-refractivity contribution >= 4 is 5.57 Å². The zero-order valence-corrected chi connectivity index (χ0v) is 31.0. The number of hydrogen-bond acceptors (Lipinski definition) is 4. The third-order valence-electron chi connectivity index (χ3n) is 10.4. The summed E-state index contributed by atoms with van der Waals surface area (Å²) in [4.78, 5) is 0. The van der Waals surface area contributed by atoms with E-state index in [4.69, 9.17) is 9.47 Å². The average molecular weight is 655 g/mol. The van der Waals surface area contributed by atoms with Crippen LogP contribution in [0, 0.1) is 24.7 Å². The van der Waals surface area contributed by atoms with E-state index in [2.05, 4.69) is 78.5 Å². The van der Waals surface area contributed by atoms with Gasteiger partial charge in [0, 0.05) is 5.56 Å². The minimum atomic E-state index is 0.228. The highest BCUT2D eigenvalue weighted by atomic mass is 16.5. The molecule has 3 atom stereocenters. The molecule has 1 fully saturated rings. The maximum atomic E-state index is 11.6. The van der Waals surface area contributed by atoms with E-state index in [9.17, 15) is 10.2 Å². The SMILES string of the molecule is C=C(C)c1ccc(C)cc1-c1c(O)cc(CCCCC)cc1OCCOc1cc(CCCCC)cc(O)c1[C@@H]1C[C@@H](C)CC[C@H]1C(C)C. The Labute approximate surface area is 291 Å². The van der Waals surface area contributed by atoms with Crippen molar-refractivity contribution < 1.29 is 19.7 Å². The lowest BCUT2D eigenvalue weighted by Crippen LogP contribution is -2.27. The summed E-state index contributed by atoms with van der Waals surface area (Å²) in [7, 11) is 0. The van der Waals surface area contributed by atoms with Crippen molar-refractivity contribution in [2.24, 2.45) is 17.8 Å². The smallest absolute Gasteiger partial charge is 0.131 e. The second kappa shape index (κ2) is 17.8. The van der Waals surface area contributed by atoms with E-state index < -0.39 is 0 Å². The number of ether oxygens (including phenoxy) is 2. The van der Waals surface area contributed by atoms with Gasteiger partial charge in [-0.3, -0.25) is 0 Å². The molecule has 0 amide bonds. The molecule has 1 aliphatic rings. The number of benzene rings is 3. The molecule has 0 saturated heterocycles. The van der Waals surface area contributed by atoms with Gasteiger partial charge in [-0.25, -0.2) is 0 Å². The first-order valence-electron chi connectivity index (χ1n) is 18.8. The summed E-state index contributed by atoms with van der Waals surface area (Å²) in [6.45, 7) is 20.3. The fourth-order valence-electron chi connectivity index (χ4n) is 7.72. The third kappa shape index (κ3) is 9.61. The van der Waals surface area contributed by atoms with Crippen molar-refractivity contribution in [2.75, 3.05) is 13.2 Å². The molecule has 0 spiro atoms. The molecule has 2 N–H and O–H groups in total. The number of rotatable bonds is 17. The third-order valence-corrected chi connectivity index (χ3v) is 10.4. The summed E-state index contributed by atoms with van der Waals surface area (Å²) in [6.07, 6.45) is 12.1. The Morgan fingerprint density at radius 1 is 0.833 bits per heavy atom. The first kappa shape index (κ1) is 37.4. The van der Waals surface area contributed by atoms with Crippen molar-refractivity contribution in [3.8, 4) is 34.1 Å². The van der Waals surface area contributed by atoms with Crippen LogP contribution in [0.3, 0.4) is 0 Å². The van der Waals surface area contributed by atoms with Gasteiger partial charge in [-0.2, -0.15) is 0 Å². The van der Waals surface area contributed by atoms with Gasteiger partial charge in [0.05, 0.1) is 5.56 Å². The molecule has 48 heavy (non-hydrogen) atoms. The van der Waals surface area contributed by atoms with Crippen LogP contribution in [-0.4, -0.2) is 23.4 Å². The van der Waals surface area contributed by atoms with Crippen LogP contribution in [0.4, 0.5) is 0 Å². The summed E-state index contributed by atoms with van der Waals surface area (Å²) in [5.41, 5.74) is 7.84. The molecule has 0 bridgehead atoms. The number of allylic oxidation sites excluding steroid dienone is 1. The van der Waals surface area contributed by atoms with Gasteiger partial charge in [-0.05, 0) is 123 Å². The number of aromatic hydroxyl groups is 2. The lowest BCUT2D eigenvalue weighted by Gasteiger charge is -2.38. The second-order valence-corrected chi connectivity index (χ2v) is 14.9. The summed E-state index contributed by atoms with van der Waals surface area (Å²) in [5.74, 6) is 3.99. The van der Waals surface area contributed by atoms with Gasteiger partial charge < -0.3 is 19.7 Å². The molecule has 0 unspecified atom stereocenters. The van der Waals surface area contributed by atoms with Crippen molar-refractivity contribution in [1.29, 1.82) is 0 Å². The highest BCUT2D eigenvalue weighted by Gasteiger charge is 2.35. The van der Waals surface area contributed by atoms with Gasteiger partial charge in [0.25, 0.3) is 0 Å². The molecule has 3 aromatic carbocycles. The van der Waals surface area contributed by atoms with Gasteiger partial charge in [-0.15, -0.1) is 0 Å². The van der Waals surface area contributed by atoms with E-state index >= 15 is 0 Å². The fraction of sp³-hybridized carbons (Fsp3) is 0.545. The molecular formula is C44H62O4. The first-order chi connectivity index (χ1) is 23.0. The van der Waals surface area contributed by atoms with E-state index in [0.717, 1.165) is 96.1 Å². The van der Waals surface area contributed by atoms with Crippen LogP contribution in [-0.2, 0) is 12.8 Å². The van der Waals surface area contributed by atoms with Crippen LogP contribution < -0.4 is 9.47 Å². The fourth-order valence-corrected chi connectivity index (χ4v) is 7.72. The monoisotopic (exact) mass is 654 g/mol. The lowest BCUT2D eigenvalue weighted by molar-refractivity contribution is 0.183. The van der Waals surface area contributed by atoms with Gasteiger partial charge in [0.1, 0.15) is 36.2 Å². The molecule has 0 radical (unpaired) electrons. The summed E-state index contributed by atoms with van der Waals surface area (Å²) < 4.78 is 13.1. The van der Waals surface area contributed by atoms with Crippen LogP contribution in [0.1, 0.15) is 133 Å². The largest absolute Gasteiger partial charge is 0.508 e. The molecule has 4 nitrogen and oxygen atoms in total. The zero-order valence-electron chi connectivity index (χ0n) is 31.0. The van der Waals surface area contributed by atoms with Crippen molar-refractivity contribution in [2.45, 2.75) is 125 Å². The molecule has 4 heteroatoms. The van der Waals surface area contributed by atoms with E-state index in [1.54, 1.807) is 0 Å². The minimum absolute atomic E-state index is 0.228. The highest BCUT2D eigenvalue weighted by molar-refractivity contribution is 5.86. The zero-order chi connectivity index (χ0) is 34.8. The Morgan fingerprint density at radius 3 is 2.04 bits per heavy atom. The summed E-state index contributed by atoms with van der Waals surface area (Å²) in [6, 6.07) is 14.4. The Balaban J connectivity index is 1.65. The number of phenolic OH excluding ortho intramolecular Hbond substituents is 2. The Morgan fingerprint density at radius 2 is 1.44 bits per heavy atom. The molecule has 1 aliphatic carbocycles. The molecular weight excluding hydrogens is 592 g/mol. The van der Waals surface area contributed by atoms with Crippen molar-refractivity contribution in [3.05, 3.63) is 76.9 Å². The number of phenols is 2. The highest BCUT2D eigenvalue weighted by Crippen LogP contribution is 2.50. The molecule has 3 aromatic rings. The van der Waals surface area contributed by atoms with Crippen LogP contribution >= 0.6 is 0 Å². The number of hydrogen-bond donors (Lipinski definition) is 2. The Kier molecular flexibility index (Phi) is 13.9. The molecule has 4 rings (SSSR count). The van der Waals surface area contributed by atoms with Gasteiger partial charge in [0.15, 0.2) is 0 Å². The quantitative estimate of drug-likeness (QED) is 0.142. The topological polar surface area (TPSA) is 58.9 Å². The van der Waals surface area contributed by atoms with E-state index in [0.29, 0.717) is 48.0 Å². The summed E-state index contributed by atoms with van der Waals surface area (Å²) in [5, 5.41) is 23.0.